The van der Waals surface area contributed by atoms with Crippen molar-refractivity contribution < 1.29 is 20.4 Å². The highest BCUT2D eigenvalue weighted by Crippen LogP contribution is 2.59. The highest BCUT2D eigenvalue weighted by Gasteiger charge is 2.50. The lowest BCUT2D eigenvalue weighted by Gasteiger charge is -2.44. The molecule has 0 amide bonds. The van der Waals surface area contributed by atoms with E-state index in [1.54, 1.807) is 6.92 Å². The molecule has 3 saturated carbocycles. The van der Waals surface area contributed by atoms with Gasteiger partial charge in [-0.1, -0.05) is 57.2 Å². The molecule has 8 atom stereocenters. The van der Waals surface area contributed by atoms with Gasteiger partial charge < -0.3 is 20.4 Å². The van der Waals surface area contributed by atoms with Gasteiger partial charge in [-0.15, -0.1) is 0 Å². The van der Waals surface area contributed by atoms with Crippen LogP contribution in [0.5, 0.6) is 0 Å². The van der Waals surface area contributed by atoms with Crippen LogP contribution in [0.25, 0.3) is 0 Å². The minimum Gasteiger partial charge on any atom is -0.393 e. The van der Waals surface area contributed by atoms with Crippen LogP contribution in [0.1, 0.15) is 72.6 Å². The number of hydrogen-bond acceptors (Lipinski definition) is 4. The Morgan fingerprint density at radius 2 is 1.91 bits per heavy atom. The van der Waals surface area contributed by atoms with Crippen LogP contribution in [-0.4, -0.2) is 44.8 Å². The Labute approximate surface area is 194 Å². The van der Waals surface area contributed by atoms with Gasteiger partial charge in [0.05, 0.1) is 24.4 Å². The van der Waals surface area contributed by atoms with Crippen molar-refractivity contribution in [3.05, 3.63) is 47.6 Å². The summed E-state index contributed by atoms with van der Waals surface area (Å²) in [5, 5.41) is 39.9. The molecule has 32 heavy (non-hydrogen) atoms. The minimum absolute atomic E-state index is 0.0947. The number of allylic oxidation sites excluding steroid dienone is 4. The molecule has 0 bridgehead atoms. The van der Waals surface area contributed by atoms with Crippen LogP contribution < -0.4 is 0 Å². The van der Waals surface area contributed by atoms with Gasteiger partial charge in [0.15, 0.2) is 0 Å². The highest BCUT2D eigenvalue weighted by atomic mass is 16.3. The van der Waals surface area contributed by atoms with Gasteiger partial charge in [-0.3, -0.25) is 0 Å². The lowest BCUT2D eigenvalue weighted by molar-refractivity contribution is -0.0266. The summed E-state index contributed by atoms with van der Waals surface area (Å²) in [4.78, 5) is 0. The van der Waals surface area contributed by atoms with E-state index in [0.29, 0.717) is 30.6 Å². The predicted octanol–water partition coefficient (Wildman–Crippen LogP) is 4.70. The Hall–Kier alpha value is -1.20. The third-order valence-corrected chi connectivity index (χ3v) is 8.94. The van der Waals surface area contributed by atoms with Gasteiger partial charge in [0.2, 0.25) is 0 Å². The summed E-state index contributed by atoms with van der Waals surface area (Å²) in [7, 11) is 0. The summed E-state index contributed by atoms with van der Waals surface area (Å²) in [5.74, 6) is 1.49. The SMILES string of the molecule is C=C1C(=CC=C2CCC[C@@]3(C)C2CC[C@@H]3[C@H](C)/C=C/[C@H](C)C(C)(O)CO)C[C@@H](O)CC1O. The minimum atomic E-state index is -1.09. The Balaban J connectivity index is 1.75. The van der Waals surface area contributed by atoms with Crippen molar-refractivity contribution in [2.75, 3.05) is 6.61 Å². The lowest BCUT2D eigenvalue weighted by atomic mass is 9.61. The number of rotatable bonds is 6. The summed E-state index contributed by atoms with van der Waals surface area (Å²) < 4.78 is 0. The molecule has 4 nitrogen and oxygen atoms in total. The largest absolute Gasteiger partial charge is 0.393 e. The topological polar surface area (TPSA) is 80.9 Å². The zero-order valence-corrected chi connectivity index (χ0v) is 20.4. The molecule has 3 rings (SSSR count). The third-order valence-electron chi connectivity index (χ3n) is 8.94. The normalized spacial score (nSPS) is 39.9. The number of hydrogen-bond donors (Lipinski definition) is 4. The van der Waals surface area contributed by atoms with Crippen molar-refractivity contribution in [3.8, 4) is 0 Å². The highest BCUT2D eigenvalue weighted by molar-refractivity contribution is 5.38. The molecule has 0 radical (unpaired) electrons. The second-order valence-electron chi connectivity index (χ2n) is 11.2. The van der Waals surface area contributed by atoms with Crippen molar-refractivity contribution in [2.24, 2.45) is 29.1 Å². The van der Waals surface area contributed by atoms with E-state index < -0.39 is 17.8 Å². The molecule has 3 fully saturated rings. The molecule has 3 aliphatic carbocycles. The van der Waals surface area contributed by atoms with Crippen molar-refractivity contribution in [2.45, 2.75) is 90.4 Å². The fourth-order valence-electron chi connectivity index (χ4n) is 6.44. The second kappa shape index (κ2) is 9.97. The Kier molecular flexibility index (Phi) is 7.92. The Morgan fingerprint density at radius 3 is 2.59 bits per heavy atom. The van der Waals surface area contributed by atoms with Gasteiger partial charge in [0, 0.05) is 12.3 Å². The van der Waals surface area contributed by atoms with E-state index in [-0.39, 0.29) is 17.9 Å². The van der Waals surface area contributed by atoms with Crippen LogP contribution in [0.3, 0.4) is 0 Å². The van der Waals surface area contributed by atoms with Gasteiger partial charge >= 0.3 is 0 Å². The first-order valence-electron chi connectivity index (χ1n) is 12.5. The zero-order chi connectivity index (χ0) is 23.7. The average Bonchev–Trinajstić information content (AvgIpc) is 3.10. The van der Waals surface area contributed by atoms with Gasteiger partial charge in [0.25, 0.3) is 0 Å². The van der Waals surface area contributed by atoms with E-state index in [2.05, 4.69) is 44.7 Å². The molecular weight excluding hydrogens is 400 g/mol. The molecule has 0 aromatic carbocycles. The maximum atomic E-state index is 10.3. The molecule has 4 N–H and O–H groups in total. The van der Waals surface area contributed by atoms with Crippen LogP contribution >= 0.6 is 0 Å². The van der Waals surface area contributed by atoms with Crippen molar-refractivity contribution in [1.29, 1.82) is 0 Å². The van der Waals surface area contributed by atoms with E-state index >= 15 is 0 Å². The van der Waals surface area contributed by atoms with Gasteiger partial charge in [-0.05, 0) is 79.8 Å². The first-order valence-corrected chi connectivity index (χ1v) is 12.5. The van der Waals surface area contributed by atoms with Crippen LogP contribution in [0.15, 0.2) is 47.6 Å². The first-order chi connectivity index (χ1) is 15.0. The summed E-state index contributed by atoms with van der Waals surface area (Å²) >= 11 is 0. The monoisotopic (exact) mass is 444 g/mol. The van der Waals surface area contributed by atoms with Gasteiger partial charge in [0.1, 0.15) is 0 Å². The molecular formula is C28H44O4. The van der Waals surface area contributed by atoms with Crippen LogP contribution in [0.4, 0.5) is 0 Å². The van der Waals surface area contributed by atoms with E-state index in [4.69, 9.17) is 0 Å². The Morgan fingerprint density at radius 1 is 1.19 bits per heavy atom. The molecule has 0 saturated heterocycles. The zero-order valence-electron chi connectivity index (χ0n) is 20.4. The molecule has 4 heteroatoms. The third kappa shape index (κ3) is 5.14. The molecule has 3 unspecified atom stereocenters. The van der Waals surface area contributed by atoms with E-state index in [0.717, 1.165) is 17.6 Å². The fourth-order valence-corrected chi connectivity index (χ4v) is 6.44. The predicted molar refractivity (Wildman–Crippen MR) is 130 cm³/mol. The van der Waals surface area contributed by atoms with Crippen molar-refractivity contribution in [1.82, 2.24) is 0 Å². The number of aliphatic hydroxyl groups is 4. The summed E-state index contributed by atoms with van der Waals surface area (Å²) in [5.41, 5.74) is 2.41. The van der Waals surface area contributed by atoms with Crippen LogP contribution in [0, 0.1) is 29.1 Å². The fraction of sp³-hybridized carbons (Fsp3) is 0.714. The van der Waals surface area contributed by atoms with Crippen LogP contribution in [-0.2, 0) is 0 Å². The molecule has 180 valence electrons. The molecule has 0 aromatic rings. The summed E-state index contributed by atoms with van der Waals surface area (Å²) in [6.07, 6.45) is 14.5. The smallest absolute Gasteiger partial charge is 0.0908 e. The molecule has 0 spiro atoms. The molecule has 0 aliphatic heterocycles. The van der Waals surface area contributed by atoms with E-state index in [1.165, 1.54) is 31.3 Å². The first kappa shape index (κ1) is 25.4. The maximum absolute atomic E-state index is 10.3. The van der Waals surface area contributed by atoms with E-state index in [1.807, 2.05) is 6.92 Å². The van der Waals surface area contributed by atoms with E-state index in [9.17, 15) is 20.4 Å². The summed E-state index contributed by atoms with van der Waals surface area (Å²) in [6.45, 7) is 12.2. The standard InChI is InChI=1S/C28H44O4/c1-18(8-9-19(2)28(5,32)17-29)24-12-13-25-21(7-6-14-27(24,25)4)10-11-22-15-23(30)16-26(31)20(22)3/h8-11,18-19,23-26,29-32H,3,6-7,12-17H2,1-2,4-5H3/b9-8+,21-10?,22-11?/t18-,19+,23-,24-,25?,26?,27-,28?/m1/s1. The maximum Gasteiger partial charge on any atom is 0.0908 e. The molecule has 3 aliphatic rings. The van der Waals surface area contributed by atoms with Crippen molar-refractivity contribution >= 4 is 0 Å². The van der Waals surface area contributed by atoms with Crippen molar-refractivity contribution in [3.63, 3.8) is 0 Å². The van der Waals surface area contributed by atoms with Gasteiger partial charge in [-0.25, -0.2) is 0 Å². The second-order valence-corrected chi connectivity index (χ2v) is 11.2. The van der Waals surface area contributed by atoms with Gasteiger partial charge in [-0.2, -0.15) is 0 Å². The number of fused-ring (bicyclic) bond motifs is 1. The Bertz CT molecular complexity index is 776. The quantitative estimate of drug-likeness (QED) is 0.448. The lowest BCUT2D eigenvalue weighted by Crippen LogP contribution is -2.36. The molecule has 0 aromatic heterocycles. The summed E-state index contributed by atoms with van der Waals surface area (Å²) in [6, 6.07) is 0. The molecule has 0 heterocycles. The number of aliphatic hydroxyl groups excluding tert-OH is 3. The van der Waals surface area contributed by atoms with Crippen LogP contribution in [0.2, 0.25) is 0 Å². The average molecular weight is 445 g/mol.